The Hall–Kier alpha value is -1.59. The maximum atomic E-state index is 13.1. The summed E-state index contributed by atoms with van der Waals surface area (Å²) in [7, 11) is 0. The van der Waals surface area contributed by atoms with Crippen molar-refractivity contribution in [3.63, 3.8) is 0 Å². The normalized spacial score (nSPS) is 25.5. The number of ether oxygens (including phenoxy) is 2. The van der Waals surface area contributed by atoms with Gasteiger partial charge in [-0.05, 0) is 81.8 Å². The molecule has 0 unspecified atom stereocenters. The first-order valence-electron chi connectivity index (χ1n) is 12.0. The third-order valence-electron chi connectivity index (χ3n) is 6.44. The van der Waals surface area contributed by atoms with Gasteiger partial charge in [-0.3, -0.25) is 9.69 Å². The third-order valence-corrected chi connectivity index (χ3v) is 6.44. The molecule has 2 fully saturated rings. The summed E-state index contributed by atoms with van der Waals surface area (Å²) < 4.78 is 12.1. The fourth-order valence-corrected chi connectivity index (χ4v) is 4.74. The van der Waals surface area contributed by atoms with Gasteiger partial charge < -0.3 is 14.8 Å². The van der Waals surface area contributed by atoms with Gasteiger partial charge in [-0.15, -0.1) is 0 Å². The van der Waals surface area contributed by atoms with Crippen LogP contribution in [0.5, 0.6) is 5.75 Å². The van der Waals surface area contributed by atoms with Gasteiger partial charge in [-0.25, -0.2) is 0 Å². The summed E-state index contributed by atoms with van der Waals surface area (Å²) in [6, 6.07) is 7.75. The van der Waals surface area contributed by atoms with Gasteiger partial charge >= 0.3 is 0 Å². The molecule has 30 heavy (non-hydrogen) atoms. The quantitative estimate of drug-likeness (QED) is 0.597. The highest BCUT2D eigenvalue weighted by atomic mass is 16.5. The van der Waals surface area contributed by atoms with Gasteiger partial charge in [0.15, 0.2) is 0 Å². The molecule has 0 spiro atoms. The van der Waals surface area contributed by atoms with E-state index in [-0.39, 0.29) is 5.91 Å². The Balaban J connectivity index is 1.50. The van der Waals surface area contributed by atoms with Crippen LogP contribution in [0.1, 0.15) is 71.6 Å². The minimum Gasteiger partial charge on any atom is -0.492 e. The molecule has 5 nitrogen and oxygen atoms in total. The molecule has 1 heterocycles. The molecule has 0 aromatic heterocycles. The maximum Gasteiger partial charge on any atom is 0.256 e. The summed E-state index contributed by atoms with van der Waals surface area (Å²) in [5, 5.41) is 3.10. The van der Waals surface area contributed by atoms with Crippen LogP contribution in [0.15, 0.2) is 24.3 Å². The van der Waals surface area contributed by atoms with Gasteiger partial charge in [-0.2, -0.15) is 0 Å². The maximum absolute atomic E-state index is 13.1. The molecule has 1 saturated carbocycles. The van der Waals surface area contributed by atoms with Crippen LogP contribution in [0, 0.1) is 5.92 Å². The summed E-state index contributed by atoms with van der Waals surface area (Å²) in [4.78, 5) is 15.6. The number of nitrogens with one attached hydrogen (secondary N) is 1. The first kappa shape index (κ1) is 23.1. The fourth-order valence-electron chi connectivity index (χ4n) is 4.74. The number of carbonyl (C=O) groups is 1. The van der Waals surface area contributed by atoms with E-state index in [0.717, 1.165) is 43.7 Å². The fraction of sp³-hybridized carbons (Fsp3) is 0.720. The highest BCUT2D eigenvalue weighted by molar-refractivity contribution is 5.97. The van der Waals surface area contributed by atoms with E-state index in [1.165, 1.54) is 45.2 Å². The second kappa shape index (κ2) is 11.7. The minimum absolute atomic E-state index is 0.00247. The zero-order valence-electron chi connectivity index (χ0n) is 19.0. The molecule has 2 atom stereocenters. The smallest absolute Gasteiger partial charge is 0.256 e. The Labute approximate surface area is 182 Å². The average Bonchev–Trinajstić information content (AvgIpc) is 3.02. The number of rotatable bonds is 9. The lowest BCUT2D eigenvalue weighted by Crippen LogP contribution is -2.48. The van der Waals surface area contributed by atoms with Crippen LogP contribution in [0.2, 0.25) is 0 Å². The second-order valence-electron chi connectivity index (χ2n) is 9.13. The van der Waals surface area contributed by atoms with Gasteiger partial charge in [0.25, 0.3) is 5.91 Å². The Morgan fingerprint density at radius 2 is 1.83 bits per heavy atom. The number of hydrogen-bond donors (Lipinski definition) is 1. The molecule has 0 radical (unpaired) electrons. The zero-order valence-corrected chi connectivity index (χ0v) is 19.0. The SMILES string of the molecule is CCCO[C@]1(C(=O)Nc2ccc(OCCN3CCCCCC3)cc2)CCC[C@H](C)C1. The number of benzene rings is 1. The molecular formula is C25H40N2O3. The van der Waals surface area contributed by atoms with Crippen LogP contribution in [-0.2, 0) is 9.53 Å². The molecule has 168 valence electrons. The highest BCUT2D eigenvalue weighted by Crippen LogP contribution is 2.36. The topological polar surface area (TPSA) is 50.8 Å². The van der Waals surface area contributed by atoms with Crippen molar-refractivity contribution < 1.29 is 14.3 Å². The van der Waals surface area contributed by atoms with Crippen LogP contribution in [-0.4, -0.2) is 49.3 Å². The van der Waals surface area contributed by atoms with E-state index in [9.17, 15) is 4.79 Å². The molecule has 5 heteroatoms. The number of hydrogen-bond acceptors (Lipinski definition) is 4. The van der Waals surface area contributed by atoms with Crippen molar-refractivity contribution in [3.05, 3.63) is 24.3 Å². The zero-order chi connectivity index (χ0) is 21.2. The van der Waals surface area contributed by atoms with Crippen molar-refractivity contribution in [1.82, 2.24) is 4.90 Å². The molecule has 1 aliphatic carbocycles. The minimum atomic E-state index is -0.685. The van der Waals surface area contributed by atoms with Crippen LogP contribution in [0.3, 0.4) is 0 Å². The van der Waals surface area contributed by atoms with Crippen molar-refractivity contribution >= 4 is 11.6 Å². The summed E-state index contributed by atoms with van der Waals surface area (Å²) >= 11 is 0. The summed E-state index contributed by atoms with van der Waals surface area (Å²) in [6.07, 6.45) is 10.1. The Bertz CT molecular complexity index is 640. The van der Waals surface area contributed by atoms with Crippen molar-refractivity contribution in [3.8, 4) is 5.75 Å². The van der Waals surface area contributed by atoms with Crippen LogP contribution >= 0.6 is 0 Å². The molecule has 1 saturated heterocycles. The average molecular weight is 417 g/mol. The lowest BCUT2D eigenvalue weighted by atomic mass is 9.78. The molecule has 1 amide bonds. The standard InChI is InChI=1S/C25H40N2O3/c1-3-18-30-25(14-8-9-21(2)20-25)24(28)26-22-10-12-23(13-11-22)29-19-17-27-15-6-4-5-7-16-27/h10-13,21H,3-9,14-20H2,1-2H3,(H,26,28)/t21-,25+/m0/s1. The Morgan fingerprint density at radius 3 is 2.50 bits per heavy atom. The van der Waals surface area contributed by atoms with Crippen LogP contribution in [0.25, 0.3) is 0 Å². The van der Waals surface area contributed by atoms with Crippen molar-refractivity contribution in [2.45, 2.75) is 77.2 Å². The van der Waals surface area contributed by atoms with E-state index in [1.807, 2.05) is 24.3 Å². The van der Waals surface area contributed by atoms with Crippen molar-refractivity contribution in [2.24, 2.45) is 5.92 Å². The van der Waals surface area contributed by atoms with E-state index in [2.05, 4.69) is 24.1 Å². The monoisotopic (exact) mass is 416 g/mol. The van der Waals surface area contributed by atoms with Crippen molar-refractivity contribution in [2.75, 3.05) is 38.2 Å². The molecule has 1 aliphatic heterocycles. The predicted molar refractivity (Wildman–Crippen MR) is 122 cm³/mol. The summed E-state index contributed by atoms with van der Waals surface area (Å²) in [5.41, 5.74) is 0.119. The van der Waals surface area contributed by atoms with Gasteiger partial charge in [-0.1, -0.05) is 33.1 Å². The summed E-state index contributed by atoms with van der Waals surface area (Å²) in [5.74, 6) is 1.37. The van der Waals surface area contributed by atoms with E-state index < -0.39 is 5.60 Å². The number of nitrogens with zero attached hydrogens (tertiary/aromatic N) is 1. The van der Waals surface area contributed by atoms with E-state index in [4.69, 9.17) is 9.47 Å². The lowest BCUT2D eigenvalue weighted by Gasteiger charge is -2.38. The van der Waals surface area contributed by atoms with Crippen LogP contribution < -0.4 is 10.1 Å². The second-order valence-corrected chi connectivity index (χ2v) is 9.13. The third kappa shape index (κ3) is 6.71. The van der Waals surface area contributed by atoms with E-state index in [1.54, 1.807) is 0 Å². The van der Waals surface area contributed by atoms with Crippen LogP contribution in [0.4, 0.5) is 5.69 Å². The van der Waals surface area contributed by atoms with Crippen molar-refractivity contribution in [1.29, 1.82) is 0 Å². The molecule has 0 bridgehead atoms. The molecule has 3 rings (SSSR count). The number of amides is 1. The van der Waals surface area contributed by atoms with E-state index in [0.29, 0.717) is 19.1 Å². The number of anilines is 1. The first-order chi connectivity index (χ1) is 14.6. The van der Waals surface area contributed by atoms with Gasteiger partial charge in [0.1, 0.15) is 18.0 Å². The van der Waals surface area contributed by atoms with Gasteiger partial charge in [0, 0.05) is 18.8 Å². The first-order valence-corrected chi connectivity index (χ1v) is 12.0. The number of carbonyl (C=O) groups excluding carboxylic acids is 1. The molecule has 2 aliphatic rings. The van der Waals surface area contributed by atoms with E-state index >= 15 is 0 Å². The lowest BCUT2D eigenvalue weighted by molar-refractivity contribution is -0.148. The molecule has 1 aromatic rings. The highest BCUT2D eigenvalue weighted by Gasteiger charge is 2.42. The number of likely N-dealkylation sites (tertiary alicyclic amines) is 1. The molecular weight excluding hydrogens is 376 g/mol. The molecule has 1 N–H and O–H groups in total. The van der Waals surface area contributed by atoms with Gasteiger partial charge in [0.2, 0.25) is 0 Å². The summed E-state index contributed by atoms with van der Waals surface area (Å²) in [6.45, 7) is 9.00. The Morgan fingerprint density at radius 1 is 1.10 bits per heavy atom. The Kier molecular flexibility index (Phi) is 9.01. The largest absolute Gasteiger partial charge is 0.492 e. The van der Waals surface area contributed by atoms with Gasteiger partial charge in [0.05, 0.1) is 0 Å². The molecule has 1 aromatic carbocycles. The predicted octanol–water partition coefficient (Wildman–Crippen LogP) is 5.26.